The maximum absolute atomic E-state index is 11.1. The summed E-state index contributed by atoms with van der Waals surface area (Å²) in [5.74, 6) is -0.823. The first-order valence-corrected chi connectivity index (χ1v) is 9.65. The molecule has 0 aromatic heterocycles. The fourth-order valence-corrected chi connectivity index (χ4v) is 1.90. The monoisotopic (exact) mass is 422 g/mol. The van der Waals surface area contributed by atoms with Crippen molar-refractivity contribution in [1.29, 1.82) is 0 Å². The van der Waals surface area contributed by atoms with Crippen LogP contribution in [-0.2, 0) is 33.3 Å². The largest absolute Gasteiger partial charge is 0.466 e. The van der Waals surface area contributed by atoms with Gasteiger partial charge in [0.2, 0.25) is 0 Å². The number of aliphatic hydroxyl groups excluding tert-OH is 3. The molecule has 0 fully saturated rings. The van der Waals surface area contributed by atoms with Crippen molar-refractivity contribution in [2.24, 2.45) is 0 Å². The SMILES string of the molecule is C=CC(=O)OCCC(O)OCC(O)COCC(O)COCCCOC(=O)CCC. The highest BCUT2D eigenvalue weighted by atomic mass is 16.6. The Kier molecular flexibility index (Phi) is 17.5. The molecule has 0 aromatic rings. The molecule has 0 spiro atoms. The van der Waals surface area contributed by atoms with Gasteiger partial charge in [0, 0.05) is 31.9 Å². The Balaban J connectivity index is 3.55. The molecule has 29 heavy (non-hydrogen) atoms. The van der Waals surface area contributed by atoms with Crippen molar-refractivity contribution in [3.8, 4) is 0 Å². The number of hydrogen-bond donors (Lipinski definition) is 3. The molecule has 0 aliphatic carbocycles. The number of ether oxygens (including phenoxy) is 5. The van der Waals surface area contributed by atoms with Crippen molar-refractivity contribution in [3.63, 3.8) is 0 Å². The highest BCUT2D eigenvalue weighted by Gasteiger charge is 2.12. The molecule has 10 nitrogen and oxygen atoms in total. The number of hydrogen-bond acceptors (Lipinski definition) is 10. The van der Waals surface area contributed by atoms with Crippen LogP contribution in [0.15, 0.2) is 12.7 Å². The molecular weight excluding hydrogens is 388 g/mol. The Hall–Kier alpha value is -1.56. The Morgan fingerprint density at radius 3 is 2.24 bits per heavy atom. The van der Waals surface area contributed by atoms with Gasteiger partial charge in [0.15, 0.2) is 6.29 Å². The van der Waals surface area contributed by atoms with E-state index in [-0.39, 0.29) is 52.0 Å². The maximum atomic E-state index is 11.1. The molecule has 0 bridgehead atoms. The van der Waals surface area contributed by atoms with Crippen LogP contribution in [0, 0.1) is 0 Å². The van der Waals surface area contributed by atoms with Gasteiger partial charge in [-0.25, -0.2) is 4.79 Å². The lowest BCUT2D eigenvalue weighted by molar-refractivity contribution is -0.151. The quantitative estimate of drug-likeness (QED) is 0.112. The number of carbonyl (C=O) groups is 2. The van der Waals surface area contributed by atoms with Crippen molar-refractivity contribution in [2.75, 3.05) is 46.2 Å². The third kappa shape index (κ3) is 18.2. The average Bonchev–Trinajstić information content (AvgIpc) is 2.69. The molecule has 0 saturated heterocycles. The van der Waals surface area contributed by atoms with Gasteiger partial charge < -0.3 is 39.0 Å². The zero-order valence-electron chi connectivity index (χ0n) is 17.0. The second-order valence-electron chi connectivity index (χ2n) is 6.19. The minimum atomic E-state index is -1.19. The number of rotatable bonds is 19. The van der Waals surface area contributed by atoms with E-state index in [9.17, 15) is 24.9 Å². The van der Waals surface area contributed by atoms with Gasteiger partial charge in [0.25, 0.3) is 0 Å². The lowest BCUT2D eigenvalue weighted by atomic mass is 10.3. The predicted molar refractivity (Wildman–Crippen MR) is 102 cm³/mol. The number of carbonyl (C=O) groups excluding carboxylic acids is 2. The summed E-state index contributed by atoms with van der Waals surface area (Å²) in [5.41, 5.74) is 0. The second kappa shape index (κ2) is 18.5. The Bertz CT molecular complexity index is 443. The van der Waals surface area contributed by atoms with Crippen molar-refractivity contribution >= 4 is 11.9 Å². The molecular formula is C19H34O10. The number of aliphatic hydroxyl groups is 3. The molecule has 3 N–H and O–H groups in total. The normalized spacial score (nSPS) is 14.1. The molecule has 3 unspecified atom stereocenters. The fourth-order valence-electron chi connectivity index (χ4n) is 1.90. The van der Waals surface area contributed by atoms with Crippen LogP contribution >= 0.6 is 0 Å². The van der Waals surface area contributed by atoms with Crippen LogP contribution in [0.4, 0.5) is 0 Å². The molecule has 10 heteroatoms. The van der Waals surface area contributed by atoms with Crippen molar-refractivity contribution < 1.29 is 48.6 Å². The van der Waals surface area contributed by atoms with Gasteiger partial charge in [-0.05, 0) is 6.42 Å². The van der Waals surface area contributed by atoms with Crippen LogP contribution in [0.1, 0.15) is 32.6 Å². The van der Waals surface area contributed by atoms with Crippen LogP contribution in [0.5, 0.6) is 0 Å². The smallest absolute Gasteiger partial charge is 0.330 e. The highest BCUT2D eigenvalue weighted by Crippen LogP contribution is 1.99. The molecule has 0 rings (SSSR count). The zero-order valence-corrected chi connectivity index (χ0v) is 17.0. The molecule has 0 aliphatic heterocycles. The van der Waals surface area contributed by atoms with Crippen molar-refractivity contribution in [2.45, 2.75) is 51.1 Å². The van der Waals surface area contributed by atoms with E-state index >= 15 is 0 Å². The van der Waals surface area contributed by atoms with Gasteiger partial charge in [-0.2, -0.15) is 0 Å². The summed E-state index contributed by atoms with van der Waals surface area (Å²) in [7, 11) is 0. The Labute approximate surface area is 171 Å². The lowest BCUT2D eigenvalue weighted by Gasteiger charge is -2.17. The van der Waals surface area contributed by atoms with E-state index in [2.05, 4.69) is 11.3 Å². The summed E-state index contributed by atoms with van der Waals surface area (Å²) in [5, 5.41) is 29.0. The summed E-state index contributed by atoms with van der Waals surface area (Å²) in [4.78, 5) is 22.0. The molecule has 0 amide bonds. The fraction of sp³-hybridized carbons (Fsp3) is 0.789. The van der Waals surface area contributed by atoms with Crippen LogP contribution < -0.4 is 0 Å². The van der Waals surface area contributed by atoms with Gasteiger partial charge in [-0.3, -0.25) is 4.79 Å². The van der Waals surface area contributed by atoms with E-state index in [0.29, 0.717) is 19.4 Å². The van der Waals surface area contributed by atoms with Crippen LogP contribution in [0.2, 0.25) is 0 Å². The molecule has 0 saturated carbocycles. The van der Waals surface area contributed by atoms with Gasteiger partial charge in [-0.15, -0.1) is 0 Å². The Morgan fingerprint density at radius 1 is 0.931 bits per heavy atom. The first-order chi connectivity index (χ1) is 13.9. The van der Waals surface area contributed by atoms with Crippen molar-refractivity contribution in [3.05, 3.63) is 12.7 Å². The lowest BCUT2D eigenvalue weighted by Crippen LogP contribution is -2.29. The highest BCUT2D eigenvalue weighted by molar-refractivity contribution is 5.81. The second-order valence-corrected chi connectivity index (χ2v) is 6.19. The zero-order chi connectivity index (χ0) is 21.9. The summed E-state index contributed by atoms with van der Waals surface area (Å²) in [6.07, 6.45) is -0.299. The Morgan fingerprint density at radius 2 is 1.59 bits per heavy atom. The first kappa shape index (κ1) is 27.4. The van der Waals surface area contributed by atoms with E-state index in [1.807, 2.05) is 6.92 Å². The predicted octanol–water partition coefficient (Wildman–Crippen LogP) is -0.0709. The summed E-state index contributed by atoms with van der Waals surface area (Å²) in [6.45, 7) is 5.46. The van der Waals surface area contributed by atoms with Crippen LogP contribution in [0.3, 0.4) is 0 Å². The topological polar surface area (TPSA) is 141 Å². The summed E-state index contributed by atoms with van der Waals surface area (Å²) in [6, 6.07) is 0. The molecule has 0 aliphatic rings. The molecule has 170 valence electrons. The minimum absolute atomic E-state index is 0.0357. The third-order valence-electron chi connectivity index (χ3n) is 3.34. The standard InChI is InChI=1S/C19H34O10/c1-3-6-18(23)27-9-5-8-25-11-15(20)12-26-13-16(21)14-29-19(24)7-10-28-17(22)4-2/h4,15-16,19-21,24H,2-3,5-14H2,1H3. The maximum Gasteiger partial charge on any atom is 0.330 e. The van der Waals surface area contributed by atoms with Gasteiger partial charge in [0.1, 0.15) is 12.2 Å². The first-order valence-electron chi connectivity index (χ1n) is 9.65. The van der Waals surface area contributed by atoms with E-state index in [1.165, 1.54) is 0 Å². The molecule has 0 heterocycles. The summed E-state index contributed by atoms with van der Waals surface area (Å²) >= 11 is 0. The summed E-state index contributed by atoms with van der Waals surface area (Å²) < 4.78 is 25.1. The van der Waals surface area contributed by atoms with E-state index < -0.39 is 24.5 Å². The van der Waals surface area contributed by atoms with Gasteiger partial charge in [-0.1, -0.05) is 13.5 Å². The average molecular weight is 422 g/mol. The molecule has 0 aromatic carbocycles. The number of esters is 2. The third-order valence-corrected chi connectivity index (χ3v) is 3.34. The van der Waals surface area contributed by atoms with E-state index in [4.69, 9.17) is 18.9 Å². The van der Waals surface area contributed by atoms with Crippen LogP contribution in [-0.4, -0.2) is 92.0 Å². The van der Waals surface area contributed by atoms with Gasteiger partial charge >= 0.3 is 11.9 Å². The molecule has 0 radical (unpaired) electrons. The van der Waals surface area contributed by atoms with Gasteiger partial charge in [0.05, 0.1) is 39.6 Å². The molecule has 3 atom stereocenters. The van der Waals surface area contributed by atoms with Crippen molar-refractivity contribution in [1.82, 2.24) is 0 Å². The van der Waals surface area contributed by atoms with E-state index in [1.54, 1.807) is 0 Å². The van der Waals surface area contributed by atoms with E-state index in [0.717, 1.165) is 12.5 Å². The van der Waals surface area contributed by atoms with Crippen LogP contribution in [0.25, 0.3) is 0 Å². The minimum Gasteiger partial charge on any atom is -0.466 e.